The molecule has 0 aliphatic carbocycles. The minimum absolute atomic E-state index is 0.242. The molecule has 5 nitrogen and oxygen atoms in total. The number of nitrogens with one attached hydrogen (secondary N) is 2. The molecule has 2 amide bonds. The van der Waals surface area contributed by atoms with Crippen LogP contribution in [-0.4, -0.2) is 33.8 Å². The molecule has 0 unspecified atom stereocenters. The first-order valence-corrected chi connectivity index (χ1v) is 7.55. The normalized spacial score (nSPS) is 16.1. The van der Waals surface area contributed by atoms with Gasteiger partial charge in [-0.1, -0.05) is 5.16 Å². The fraction of sp³-hybridized carbons (Fsp3) is 0.600. The molecule has 17 heavy (non-hydrogen) atoms. The Morgan fingerprint density at radius 3 is 3.00 bits per heavy atom. The van der Waals surface area contributed by atoms with Gasteiger partial charge in [0.15, 0.2) is 0 Å². The zero-order chi connectivity index (χ0) is 12.1. The van der Waals surface area contributed by atoms with E-state index < -0.39 is 0 Å². The Balaban J connectivity index is 1.63. The fourth-order valence-electron chi connectivity index (χ4n) is 1.46. The van der Waals surface area contributed by atoms with E-state index in [4.69, 9.17) is 4.52 Å². The Kier molecular flexibility index (Phi) is 4.61. The highest BCUT2D eigenvalue weighted by Gasteiger charge is 2.15. The number of hydrogen-bond acceptors (Lipinski definition) is 5. The maximum Gasteiger partial charge on any atom is 0.321 e. The highest BCUT2D eigenvalue weighted by molar-refractivity contribution is 8.20. The van der Waals surface area contributed by atoms with Crippen LogP contribution in [0.5, 0.6) is 0 Å². The van der Waals surface area contributed by atoms with Crippen molar-refractivity contribution in [3.63, 3.8) is 0 Å². The van der Waals surface area contributed by atoms with Gasteiger partial charge in [-0.25, -0.2) is 4.79 Å². The summed E-state index contributed by atoms with van der Waals surface area (Å²) >= 11 is 3.93. The van der Waals surface area contributed by atoms with Crippen molar-refractivity contribution >= 4 is 35.4 Å². The van der Waals surface area contributed by atoms with Crippen molar-refractivity contribution < 1.29 is 9.32 Å². The van der Waals surface area contributed by atoms with Gasteiger partial charge in [0, 0.05) is 24.1 Å². The molecule has 1 fully saturated rings. The SMILES string of the molecule is Cc1cc(NC(=O)NCCC2SCCS2)on1. The number of anilines is 1. The Hall–Kier alpha value is -0.820. The molecule has 1 aromatic rings. The number of rotatable bonds is 4. The fourth-order valence-corrected chi connectivity index (χ4v) is 4.28. The number of aromatic nitrogens is 1. The molecular weight excluding hydrogens is 258 g/mol. The van der Waals surface area contributed by atoms with E-state index in [0.717, 1.165) is 12.1 Å². The average molecular weight is 273 g/mol. The van der Waals surface area contributed by atoms with Crippen molar-refractivity contribution in [1.29, 1.82) is 0 Å². The Morgan fingerprint density at radius 1 is 1.59 bits per heavy atom. The molecule has 0 saturated carbocycles. The molecular formula is C10H15N3O2S2. The number of hydrogen-bond donors (Lipinski definition) is 2. The largest absolute Gasteiger partial charge is 0.338 e. The number of nitrogens with zero attached hydrogens (tertiary/aromatic N) is 1. The van der Waals surface area contributed by atoms with Gasteiger partial charge in [0.1, 0.15) is 0 Å². The van der Waals surface area contributed by atoms with Crippen molar-refractivity contribution in [2.24, 2.45) is 0 Å². The molecule has 94 valence electrons. The maximum atomic E-state index is 11.5. The second kappa shape index (κ2) is 6.20. The number of thioether (sulfide) groups is 2. The lowest BCUT2D eigenvalue weighted by molar-refractivity contribution is 0.251. The number of urea groups is 1. The Morgan fingerprint density at radius 2 is 2.35 bits per heavy atom. The topological polar surface area (TPSA) is 67.2 Å². The van der Waals surface area contributed by atoms with Crippen LogP contribution in [-0.2, 0) is 0 Å². The summed E-state index contributed by atoms with van der Waals surface area (Å²) in [6, 6.07) is 1.44. The van der Waals surface area contributed by atoms with E-state index >= 15 is 0 Å². The lowest BCUT2D eigenvalue weighted by Gasteiger charge is -2.08. The molecule has 2 rings (SSSR count). The highest BCUT2D eigenvalue weighted by Crippen LogP contribution is 2.33. The van der Waals surface area contributed by atoms with Gasteiger partial charge in [0.05, 0.1) is 10.3 Å². The van der Waals surface area contributed by atoms with Gasteiger partial charge in [0.25, 0.3) is 0 Å². The first-order valence-electron chi connectivity index (χ1n) is 5.45. The minimum atomic E-state index is -0.242. The van der Waals surface area contributed by atoms with E-state index in [1.165, 1.54) is 11.5 Å². The third-order valence-electron chi connectivity index (χ3n) is 2.22. The first kappa shape index (κ1) is 12.6. The van der Waals surface area contributed by atoms with E-state index in [9.17, 15) is 4.79 Å². The van der Waals surface area contributed by atoms with Crippen LogP contribution in [0.3, 0.4) is 0 Å². The van der Waals surface area contributed by atoms with Gasteiger partial charge in [-0.05, 0) is 13.3 Å². The van der Waals surface area contributed by atoms with Crippen LogP contribution in [0.25, 0.3) is 0 Å². The van der Waals surface area contributed by atoms with E-state index in [0.29, 0.717) is 17.0 Å². The first-order chi connectivity index (χ1) is 8.24. The van der Waals surface area contributed by atoms with Crippen LogP contribution in [0.15, 0.2) is 10.6 Å². The molecule has 0 radical (unpaired) electrons. The molecule has 2 heterocycles. The maximum absolute atomic E-state index is 11.5. The molecule has 7 heteroatoms. The lowest BCUT2D eigenvalue weighted by atomic mass is 10.4. The Bertz CT molecular complexity index is 377. The number of amides is 2. The predicted molar refractivity (Wildman–Crippen MR) is 71.6 cm³/mol. The number of carbonyl (C=O) groups excluding carboxylic acids is 1. The summed E-state index contributed by atoms with van der Waals surface area (Å²) in [5, 5.41) is 9.09. The summed E-state index contributed by atoms with van der Waals surface area (Å²) in [4.78, 5) is 11.5. The summed E-state index contributed by atoms with van der Waals surface area (Å²) in [7, 11) is 0. The van der Waals surface area contributed by atoms with Gasteiger partial charge in [-0.15, -0.1) is 23.5 Å². The van der Waals surface area contributed by atoms with Gasteiger partial charge in [0.2, 0.25) is 5.88 Å². The van der Waals surface area contributed by atoms with Crippen LogP contribution in [0.4, 0.5) is 10.7 Å². The smallest absolute Gasteiger partial charge is 0.321 e. The van der Waals surface area contributed by atoms with E-state index in [-0.39, 0.29) is 6.03 Å². The quantitative estimate of drug-likeness (QED) is 0.881. The van der Waals surface area contributed by atoms with Crippen molar-refractivity contribution in [2.45, 2.75) is 17.9 Å². The third-order valence-corrected chi connectivity index (χ3v) is 5.39. The monoisotopic (exact) mass is 273 g/mol. The highest BCUT2D eigenvalue weighted by atomic mass is 32.2. The van der Waals surface area contributed by atoms with Crippen molar-refractivity contribution in [3.8, 4) is 0 Å². The van der Waals surface area contributed by atoms with Crippen molar-refractivity contribution in [1.82, 2.24) is 10.5 Å². The number of aryl methyl sites for hydroxylation is 1. The molecule has 0 atom stereocenters. The van der Waals surface area contributed by atoms with Crippen LogP contribution >= 0.6 is 23.5 Å². The van der Waals surface area contributed by atoms with E-state index in [1.54, 1.807) is 13.0 Å². The summed E-state index contributed by atoms with van der Waals surface area (Å²) in [5.41, 5.74) is 0.749. The van der Waals surface area contributed by atoms with E-state index in [2.05, 4.69) is 15.8 Å². The summed E-state index contributed by atoms with van der Waals surface area (Å²) in [6.45, 7) is 2.49. The second-order valence-corrected chi connectivity index (χ2v) is 6.59. The molecule has 2 N–H and O–H groups in total. The van der Waals surface area contributed by atoms with Crippen LogP contribution in [0.1, 0.15) is 12.1 Å². The standard InChI is InChI=1S/C10H15N3O2S2/c1-7-6-8(15-13-7)12-10(14)11-3-2-9-16-4-5-17-9/h6,9H,2-5H2,1H3,(H2,11,12,14). The molecule has 0 aromatic carbocycles. The zero-order valence-electron chi connectivity index (χ0n) is 9.56. The van der Waals surface area contributed by atoms with Crippen molar-refractivity contribution in [3.05, 3.63) is 11.8 Å². The average Bonchev–Trinajstić information content (AvgIpc) is 2.90. The lowest BCUT2D eigenvalue weighted by Crippen LogP contribution is -2.30. The van der Waals surface area contributed by atoms with Gasteiger partial charge < -0.3 is 9.84 Å². The van der Waals surface area contributed by atoms with Crippen LogP contribution in [0, 0.1) is 6.92 Å². The molecule has 0 bridgehead atoms. The second-order valence-electron chi connectivity index (χ2n) is 3.67. The van der Waals surface area contributed by atoms with Crippen LogP contribution < -0.4 is 10.6 Å². The zero-order valence-corrected chi connectivity index (χ0v) is 11.2. The van der Waals surface area contributed by atoms with Gasteiger partial charge in [-0.3, -0.25) is 5.32 Å². The Labute approximate surface area is 108 Å². The van der Waals surface area contributed by atoms with Crippen molar-refractivity contribution in [2.75, 3.05) is 23.4 Å². The third kappa shape index (κ3) is 4.16. The van der Waals surface area contributed by atoms with Crippen LogP contribution in [0.2, 0.25) is 0 Å². The molecule has 1 saturated heterocycles. The summed E-state index contributed by atoms with van der Waals surface area (Å²) in [6.07, 6.45) is 0.998. The molecule has 1 aliphatic rings. The van der Waals surface area contributed by atoms with Gasteiger partial charge >= 0.3 is 6.03 Å². The summed E-state index contributed by atoms with van der Waals surface area (Å²) < 4.78 is 5.51. The van der Waals surface area contributed by atoms with E-state index in [1.807, 2.05) is 23.5 Å². The molecule has 1 aromatic heterocycles. The predicted octanol–water partition coefficient (Wildman–Crippen LogP) is 2.30. The molecule has 1 aliphatic heterocycles. The minimum Gasteiger partial charge on any atom is -0.338 e. The summed E-state index contributed by atoms with van der Waals surface area (Å²) in [5.74, 6) is 2.82. The van der Waals surface area contributed by atoms with Gasteiger partial charge in [-0.2, -0.15) is 0 Å². The number of carbonyl (C=O) groups is 1. The molecule has 0 spiro atoms.